The van der Waals surface area contributed by atoms with Gasteiger partial charge in [0.25, 0.3) is 0 Å². The molecule has 94 valence electrons. The molecule has 0 aliphatic carbocycles. The fourth-order valence-electron chi connectivity index (χ4n) is 1.63. The molecule has 0 aromatic carbocycles. The fraction of sp³-hybridized carbons (Fsp3) is 0.769. The fourth-order valence-corrected chi connectivity index (χ4v) is 1.63. The molecule has 3 heteroatoms. The molecule has 1 N–H and O–H groups in total. The van der Waals surface area contributed by atoms with Crippen LogP contribution in [0.4, 0.5) is 0 Å². The molecule has 0 aromatic heterocycles. The maximum Gasteiger partial charge on any atom is 0.245 e. The van der Waals surface area contributed by atoms with Gasteiger partial charge in [-0.3, -0.25) is 4.79 Å². The number of nitrogens with zero attached hydrogens (tertiary/aromatic N) is 1. The van der Waals surface area contributed by atoms with E-state index < -0.39 is 0 Å². The SMILES string of the molecule is C=CC(=O)N(CCCO)CCCCCCC. The predicted molar refractivity (Wildman–Crippen MR) is 67.2 cm³/mol. The smallest absolute Gasteiger partial charge is 0.245 e. The second-order valence-corrected chi connectivity index (χ2v) is 4.02. The summed E-state index contributed by atoms with van der Waals surface area (Å²) < 4.78 is 0. The van der Waals surface area contributed by atoms with Crippen LogP contribution in [0.3, 0.4) is 0 Å². The Hall–Kier alpha value is -0.830. The number of rotatable bonds is 10. The first-order chi connectivity index (χ1) is 7.76. The van der Waals surface area contributed by atoms with Crippen LogP contribution in [0, 0.1) is 0 Å². The first kappa shape index (κ1) is 15.2. The van der Waals surface area contributed by atoms with E-state index in [2.05, 4.69) is 13.5 Å². The molecule has 16 heavy (non-hydrogen) atoms. The first-order valence-corrected chi connectivity index (χ1v) is 6.28. The lowest BCUT2D eigenvalue weighted by Crippen LogP contribution is -2.31. The van der Waals surface area contributed by atoms with Crippen molar-refractivity contribution in [3.63, 3.8) is 0 Å². The van der Waals surface area contributed by atoms with Gasteiger partial charge >= 0.3 is 0 Å². The third-order valence-corrected chi connectivity index (χ3v) is 2.60. The minimum atomic E-state index is -0.0241. The van der Waals surface area contributed by atoms with Crippen LogP contribution < -0.4 is 0 Å². The monoisotopic (exact) mass is 227 g/mol. The van der Waals surface area contributed by atoms with Crippen molar-refractivity contribution in [1.29, 1.82) is 0 Å². The molecule has 3 nitrogen and oxygen atoms in total. The molecule has 0 radical (unpaired) electrons. The molecule has 0 fully saturated rings. The number of carbonyl (C=O) groups excluding carboxylic acids is 1. The molecular weight excluding hydrogens is 202 g/mol. The molecule has 1 amide bonds. The Balaban J connectivity index is 3.73. The molecular formula is C13H25NO2. The van der Waals surface area contributed by atoms with Gasteiger partial charge in [-0.2, -0.15) is 0 Å². The summed E-state index contributed by atoms with van der Waals surface area (Å²) in [6.07, 6.45) is 7.97. The van der Waals surface area contributed by atoms with E-state index in [0.717, 1.165) is 13.0 Å². The van der Waals surface area contributed by atoms with E-state index >= 15 is 0 Å². The van der Waals surface area contributed by atoms with Gasteiger partial charge in [-0.25, -0.2) is 0 Å². The molecule has 0 atom stereocenters. The number of amides is 1. The van der Waals surface area contributed by atoms with Crippen molar-refractivity contribution in [2.45, 2.75) is 45.4 Å². The quantitative estimate of drug-likeness (QED) is 0.460. The zero-order valence-corrected chi connectivity index (χ0v) is 10.5. The van der Waals surface area contributed by atoms with Crippen molar-refractivity contribution in [1.82, 2.24) is 4.90 Å². The van der Waals surface area contributed by atoms with Gasteiger partial charge in [0.15, 0.2) is 0 Å². The highest BCUT2D eigenvalue weighted by molar-refractivity contribution is 5.86. The van der Waals surface area contributed by atoms with Gasteiger partial charge in [-0.05, 0) is 18.9 Å². The zero-order chi connectivity index (χ0) is 12.2. The van der Waals surface area contributed by atoms with Crippen LogP contribution in [0.5, 0.6) is 0 Å². The summed E-state index contributed by atoms with van der Waals surface area (Å²) >= 11 is 0. The molecule has 0 aromatic rings. The Morgan fingerprint density at radius 1 is 1.19 bits per heavy atom. The number of carbonyl (C=O) groups is 1. The van der Waals surface area contributed by atoms with E-state index in [-0.39, 0.29) is 12.5 Å². The highest BCUT2D eigenvalue weighted by Gasteiger charge is 2.08. The number of hydrogen-bond donors (Lipinski definition) is 1. The molecule has 0 bridgehead atoms. The number of aliphatic hydroxyl groups excluding tert-OH is 1. The molecule has 0 aliphatic rings. The Bertz CT molecular complexity index is 192. The normalized spacial score (nSPS) is 10.1. The van der Waals surface area contributed by atoms with E-state index in [1.54, 1.807) is 4.90 Å². The third kappa shape index (κ3) is 7.46. The largest absolute Gasteiger partial charge is 0.396 e. The average Bonchev–Trinajstić information content (AvgIpc) is 2.31. The van der Waals surface area contributed by atoms with Crippen molar-refractivity contribution < 1.29 is 9.90 Å². The highest BCUT2D eigenvalue weighted by Crippen LogP contribution is 2.05. The average molecular weight is 227 g/mol. The summed E-state index contributed by atoms with van der Waals surface area (Å²) in [7, 11) is 0. The summed E-state index contributed by atoms with van der Waals surface area (Å²) in [5.41, 5.74) is 0. The van der Waals surface area contributed by atoms with Gasteiger partial charge in [0.1, 0.15) is 0 Å². The van der Waals surface area contributed by atoms with Crippen LogP contribution in [0.25, 0.3) is 0 Å². The summed E-state index contributed by atoms with van der Waals surface area (Å²) in [6, 6.07) is 0. The maximum atomic E-state index is 11.5. The van der Waals surface area contributed by atoms with Crippen LogP contribution in [0.15, 0.2) is 12.7 Å². The van der Waals surface area contributed by atoms with E-state index in [0.29, 0.717) is 13.0 Å². The zero-order valence-electron chi connectivity index (χ0n) is 10.5. The second-order valence-electron chi connectivity index (χ2n) is 4.02. The lowest BCUT2D eigenvalue weighted by Gasteiger charge is -2.20. The maximum absolute atomic E-state index is 11.5. The first-order valence-electron chi connectivity index (χ1n) is 6.28. The van der Waals surface area contributed by atoms with Gasteiger partial charge < -0.3 is 10.0 Å². The molecule has 0 spiro atoms. The minimum Gasteiger partial charge on any atom is -0.396 e. The van der Waals surface area contributed by atoms with E-state index in [1.807, 2.05) is 0 Å². The second kappa shape index (κ2) is 10.7. The van der Waals surface area contributed by atoms with Gasteiger partial charge in [0.05, 0.1) is 0 Å². The van der Waals surface area contributed by atoms with Crippen LogP contribution in [-0.2, 0) is 4.79 Å². The Labute approximate surface area is 99.1 Å². The number of hydrogen-bond acceptors (Lipinski definition) is 2. The molecule has 0 saturated carbocycles. The molecule has 0 heterocycles. The lowest BCUT2D eigenvalue weighted by molar-refractivity contribution is -0.126. The van der Waals surface area contributed by atoms with Crippen LogP contribution in [-0.4, -0.2) is 35.6 Å². The summed E-state index contributed by atoms with van der Waals surface area (Å²) in [6.45, 7) is 7.24. The Morgan fingerprint density at radius 3 is 2.38 bits per heavy atom. The number of unbranched alkanes of at least 4 members (excludes halogenated alkanes) is 4. The molecule has 0 unspecified atom stereocenters. The predicted octanol–water partition coefficient (Wildman–Crippen LogP) is 2.35. The van der Waals surface area contributed by atoms with Crippen LogP contribution >= 0.6 is 0 Å². The van der Waals surface area contributed by atoms with E-state index in [1.165, 1.54) is 31.8 Å². The van der Waals surface area contributed by atoms with Gasteiger partial charge in [0.2, 0.25) is 5.91 Å². The van der Waals surface area contributed by atoms with Crippen molar-refractivity contribution in [2.24, 2.45) is 0 Å². The van der Waals surface area contributed by atoms with Crippen LogP contribution in [0.2, 0.25) is 0 Å². The van der Waals surface area contributed by atoms with Crippen molar-refractivity contribution >= 4 is 5.91 Å². The van der Waals surface area contributed by atoms with Gasteiger partial charge in [-0.1, -0.05) is 39.2 Å². The Morgan fingerprint density at radius 2 is 1.81 bits per heavy atom. The van der Waals surface area contributed by atoms with Crippen molar-refractivity contribution in [3.05, 3.63) is 12.7 Å². The van der Waals surface area contributed by atoms with E-state index in [4.69, 9.17) is 5.11 Å². The summed E-state index contributed by atoms with van der Waals surface area (Å²) in [4.78, 5) is 13.2. The molecule has 0 saturated heterocycles. The number of aliphatic hydroxyl groups is 1. The molecule has 0 aliphatic heterocycles. The summed E-state index contributed by atoms with van der Waals surface area (Å²) in [5, 5.41) is 8.75. The van der Waals surface area contributed by atoms with Crippen molar-refractivity contribution in [2.75, 3.05) is 19.7 Å². The summed E-state index contributed by atoms with van der Waals surface area (Å²) in [5.74, 6) is -0.0241. The standard InChI is InChI=1S/C13H25NO2/c1-3-5-6-7-8-10-14(11-9-12-15)13(16)4-2/h4,15H,2-3,5-12H2,1H3. The minimum absolute atomic E-state index is 0.0241. The third-order valence-electron chi connectivity index (χ3n) is 2.60. The topological polar surface area (TPSA) is 40.5 Å². The van der Waals surface area contributed by atoms with Gasteiger partial charge in [-0.15, -0.1) is 0 Å². The van der Waals surface area contributed by atoms with Crippen molar-refractivity contribution in [3.8, 4) is 0 Å². The Kier molecular flexibility index (Phi) is 10.1. The highest BCUT2D eigenvalue weighted by atomic mass is 16.3. The van der Waals surface area contributed by atoms with Crippen LogP contribution in [0.1, 0.15) is 45.4 Å². The van der Waals surface area contributed by atoms with Gasteiger partial charge in [0, 0.05) is 19.7 Å². The lowest BCUT2D eigenvalue weighted by atomic mass is 10.1. The molecule has 0 rings (SSSR count). The van der Waals surface area contributed by atoms with E-state index in [9.17, 15) is 4.79 Å².